The van der Waals surface area contributed by atoms with Crippen molar-refractivity contribution >= 4 is 9.84 Å². The maximum atomic E-state index is 11.9. The first-order valence-corrected chi connectivity index (χ1v) is 8.64. The Morgan fingerprint density at radius 1 is 1.11 bits per heavy atom. The minimum atomic E-state index is -3.09. The van der Waals surface area contributed by atoms with Gasteiger partial charge in [-0.2, -0.15) is 0 Å². The van der Waals surface area contributed by atoms with Gasteiger partial charge in [0.1, 0.15) is 0 Å². The van der Waals surface area contributed by atoms with Crippen LogP contribution in [0.2, 0.25) is 0 Å². The van der Waals surface area contributed by atoms with Gasteiger partial charge in [-0.15, -0.1) is 0 Å². The van der Waals surface area contributed by atoms with Crippen molar-refractivity contribution in [2.45, 2.75) is 50.8 Å². The summed E-state index contributed by atoms with van der Waals surface area (Å²) in [6, 6.07) is 7.35. The van der Waals surface area contributed by atoms with Gasteiger partial charge >= 0.3 is 0 Å². The third-order valence-corrected chi connectivity index (χ3v) is 5.11. The van der Waals surface area contributed by atoms with E-state index in [2.05, 4.69) is 26.0 Å². The molecule has 106 valence electrons. The second kappa shape index (κ2) is 7.49. The van der Waals surface area contributed by atoms with Gasteiger partial charge in [0.15, 0.2) is 9.84 Å². The molecule has 0 amide bonds. The Morgan fingerprint density at radius 3 is 2.26 bits per heavy atom. The third kappa shape index (κ3) is 4.83. The van der Waals surface area contributed by atoms with E-state index in [9.17, 15) is 8.42 Å². The highest BCUT2D eigenvalue weighted by atomic mass is 32.2. The molecule has 0 aliphatic heterocycles. The van der Waals surface area contributed by atoms with Crippen LogP contribution in [0.25, 0.3) is 0 Å². The monoisotopic (exact) mass is 280 g/mol. The van der Waals surface area contributed by atoms with Gasteiger partial charge in [-0.05, 0) is 42.9 Å². The van der Waals surface area contributed by atoms with Gasteiger partial charge in [-0.1, -0.05) is 45.1 Å². The Kier molecular flexibility index (Phi) is 6.29. The summed E-state index contributed by atoms with van der Waals surface area (Å²) in [6.45, 7) is 6.16. The summed E-state index contributed by atoms with van der Waals surface area (Å²) in [5, 5.41) is 0. The maximum absolute atomic E-state index is 11.9. The molecule has 0 spiro atoms. The Bertz CT molecular complexity index is 498. The molecule has 0 N–H and O–H groups in total. The molecule has 1 unspecified atom stereocenters. The number of hydrogen-bond donors (Lipinski definition) is 0. The third-order valence-electron chi connectivity index (χ3n) is 3.17. The van der Waals surface area contributed by atoms with Crippen molar-refractivity contribution < 1.29 is 8.42 Å². The summed E-state index contributed by atoms with van der Waals surface area (Å²) in [7, 11) is -3.09. The highest BCUT2D eigenvalue weighted by Gasteiger charge is 2.13. The predicted molar refractivity (Wildman–Crippen MR) is 81.2 cm³/mol. The average Bonchev–Trinajstić information content (AvgIpc) is 2.39. The summed E-state index contributed by atoms with van der Waals surface area (Å²) in [5.41, 5.74) is 1.19. The van der Waals surface area contributed by atoms with Crippen molar-refractivity contribution in [3.63, 3.8) is 0 Å². The van der Waals surface area contributed by atoms with Gasteiger partial charge in [0.25, 0.3) is 0 Å². The van der Waals surface area contributed by atoms with E-state index in [1.54, 1.807) is 12.1 Å². The lowest BCUT2D eigenvalue weighted by Gasteiger charge is -2.10. The lowest BCUT2D eigenvalue weighted by atomic mass is 9.98. The van der Waals surface area contributed by atoms with Gasteiger partial charge in [-0.25, -0.2) is 8.42 Å². The molecule has 2 nitrogen and oxygen atoms in total. The lowest BCUT2D eigenvalue weighted by Crippen LogP contribution is -2.06. The molecule has 0 bridgehead atoms. The normalized spacial score (nSPS) is 13.8. The van der Waals surface area contributed by atoms with E-state index >= 15 is 0 Å². The van der Waals surface area contributed by atoms with E-state index in [0.717, 1.165) is 12.8 Å². The molecule has 1 rings (SSSR count). The molecule has 1 aromatic rings. The Morgan fingerprint density at radius 2 is 1.74 bits per heavy atom. The van der Waals surface area contributed by atoms with Crippen LogP contribution in [0.5, 0.6) is 0 Å². The molecule has 0 aliphatic rings. The van der Waals surface area contributed by atoms with Gasteiger partial charge in [0, 0.05) is 0 Å². The lowest BCUT2D eigenvalue weighted by molar-refractivity contribution is 0.594. The molecule has 1 aromatic carbocycles. The van der Waals surface area contributed by atoms with Crippen molar-refractivity contribution in [2.24, 2.45) is 0 Å². The summed E-state index contributed by atoms with van der Waals surface area (Å²) in [6.07, 6.45) is 7.06. The van der Waals surface area contributed by atoms with Gasteiger partial charge in [0.2, 0.25) is 0 Å². The molecule has 19 heavy (non-hydrogen) atoms. The van der Waals surface area contributed by atoms with Gasteiger partial charge < -0.3 is 0 Å². The first kappa shape index (κ1) is 16.0. The van der Waals surface area contributed by atoms with Crippen molar-refractivity contribution in [3.05, 3.63) is 42.0 Å². The van der Waals surface area contributed by atoms with Crippen LogP contribution < -0.4 is 0 Å². The van der Waals surface area contributed by atoms with Crippen LogP contribution in [-0.2, 0) is 9.84 Å². The quantitative estimate of drug-likeness (QED) is 0.697. The Labute approximate surface area is 117 Å². The van der Waals surface area contributed by atoms with Gasteiger partial charge in [-0.3, -0.25) is 0 Å². The van der Waals surface area contributed by atoms with Crippen LogP contribution in [0, 0.1) is 0 Å². The van der Waals surface area contributed by atoms with Crippen LogP contribution in [0.15, 0.2) is 41.3 Å². The number of rotatable bonds is 7. The molecular formula is C16H24O2S. The molecule has 0 aromatic heterocycles. The number of allylic oxidation sites excluding steroid dienone is 2. The van der Waals surface area contributed by atoms with Crippen molar-refractivity contribution in [2.75, 3.05) is 5.75 Å². The van der Waals surface area contributed by atoms with Crippen LogP contribution in [0.3, 0.4) is 0 Å². The van der Waals surface area contributed by atoms with Gasteiger partial charge in [0.05, 0.1) is 10.6 Å². The molecule has 1 atom stereocenters. The molecule has 0 aliphatic carbocycles. The highest BCUT2D eigenvalue weighted by molar-refractivity contribution is 7.91. The zero-order valence-electron chi connectivity index (χ0n) is 12.1. The minimum absolute atomic E-state index is 0.223. The highest BCUT2D eigenvalue weighted by Crippen LogP contribution is 2.22. The standard InChI is InChI=1S/C16H24O2S/c1-4-6-7-8-14(3)15-9-11-16(12-10-15)19(17,18)13-5-2/h6-7,9-12,14H,4-5,8,13H2,1-3H3/b7-6-. The second-order valence-corrected chi connectivity index (χ2v) is 7.01. The fourth-order valence-corrected chi connectivity index (χ4v) is 3.32. The Hall–Kier alpha value is -1.09. The second-order valence-electron chi connectivity index (χ2n) is 4.90. The maximum Gasteiger partial charge on any atom is 0.178 e. The SMILES string of the molecule is CC/C=C\CC(C)c1ccc(S(=O)(=O)CCC)cc1. The first-order chi connectivity index (χ1) is 9.01. The number of benzene rings is 1. The topological polar surface area (TPSA) is 34.1 Å². The van der Waals surface area contributed by atoms with E-state index in [1.807, 2.05) is 19.1 Å². The predicted octanol–water partition coefficient (Wildman–Crippen LogP) is 4.33. The number of hydrogen-bond acceptors (Lipinski definition) is 2. The largest absolute Gasteiger partial charge is 0.224 e. The fourth-order valence-electron chi connectivity index (χ4n) is 1.99. The zero-order valence-corrected chi connectivity index (χ0v) is 12.9. The number of sulfone groups is 1. The van der Waals surface area contributed by atoms with Crippen LogP contribution in [0.4, 0.5) is 0 Å². The first-order valence-electron chi connectivity index (χ1n) is 6.99. The smallest absolute Gasteiger partial charge is 0.178 e. The molecule has 0 saturated carbocycles. The molecule has 3 heteroatoms. The van der Waals surface area contributed by atoms with E-state index in [0.29, 0.717) is 17.2 Å². The summed E-state index contributed by atoms with van der Waals surface area (Å²) >= 11 is 0. The molecule has 0 radical (unpaired) electrons. The summed E-state index contributed by atoms with van der Waals surface area (Å²) in [4.78, 5) is 0.439. The van der Waals surface area contributed by atoms with Crippen molar-refractivity contribution in [1.82, 2.24) is 0 Å². The minimum Gasteiger partial charge on any atom is -0.224 e. The molecule has 0 saturated heterocycles. The zero-order chi connectivity index (χ0) is 14.3. The molecule has 0 fully saturated rings. The fraction of sp³-hybridized carbons (Fsp3) is 0.500. The van der Waals surface area contributed by atoms with Crippen molar-refractivity contribution in [1.29, 1.82) is 0 Å². The molecule has 0 heterocycles. The van der Waals surface area contributed by atoms with E-state index in [4.69, 9.17) is 0 Å². The van der Waals surface area contributed by atoms with Crippen LogP contribution in [-0.4, -0.2) is 14.2 Å². The van der Waals surface area contributed by atoms with Crippen molar-refractivity contribution in [3.8, 4) is 0 Å². The summed E-state index contributed by atoms with van der Waals surface area (Å²) in [5.74, 6) is 0.645. The Balaban J connectivity index is 2.79. The summed E-state index contributed by atoms with van der Waals surface area (Å²) < 4.78 is 23.8. The van der Waals surface area contributed by atoms with E-state index in [1.165, 1.54) is 5.56 Å². The van der Waals surface area contributed by atoms with E-state index in [-0.39, 0.29) is 5.75 Å². The molecular weight excluding hydrogens is 256 g/mol. The van der Waals surface area contributed by atoms with Crippen LogP contribution in [0.1, 0.15) is 51.5 Å². The average molecular weight is 280 g/mol. The van der Waals surface area contributed by atoms with E-state index < -0.39 is 9.84 Å². The van der Waals surface area contributed by atoms with Crippen LogP contribution >= 0.6 is 0 Å².